The van der Waals surface area contributed by atoms with Crippen molar-refractivity contribution in [2.75, 3.05) is 59.3 Å². The van der Waals surface area contributed by atoms with E-state index in [9.17, 15) is 0 Å². The van der Waals surface area contributed by atoms with Gasteiger partial charge in [-0.05, 0) is 49.3 Å². The molecule has 0 radical (unpaired) electrons. The highest BCUT2D eigenvalue weighted by Crippen LogP contribution is 2.26. The second kappa shape index (κ2) is 11.7. The normalized spacial score (nSPS) is 15.4. The van der Waals surface area contributed by atoms with Crippen LogP contribution >= 0.6 is 12.2 Å². The first-order chi connectivity index (χ1) is 19.2. The van der Waals surface area contributed by atoms with Crippen LogP contribution in [-0.4, -0.2) is 54.3 Å². The zero-order valence-electron chi connectivity index (χ0n) is 21.9. The first-order valence-corrected chi connectivity index (χ1v) is 14.0. The molecule has 4 aromatic rings. The minimum atomic E-state index is 0.464. The molecule has 0 atom stereocenters. The van der Waals surface area contributed by atoms with Crippen LogP contribution in [0.25, 0.3) is 11.3 Å². The van der Waals surface area contributed by atoms with E-state index < -0.39 is 0 Å². The van der Waals surface area contributed by atoms with E-state index in [1.165, 1.54) is 18.5 Å². The highest BCUT2D eigenvalue weighted by atomic mass is 32.1. The lowest BCUT2D eigenvalue weighted by Gasteiger charge is -2.37. The molecule has 0 amide bonds. The van der Waals surface area contributed by atoms with Crippen molar-refractivity contribution in [3.8, 4) is 11.3 Å². The van der Waals surface area contributed by atoms with Gasteiger partial charge in [0.2, 0.25) is 5.95 Å². The zero-order chi connectivity index (χ0) is 26.4. The average molecular weight is 540 g/mol. The fourth-order valence-corrected chi connectivity index (χ4v) is 5.29. The number of furan rings is 1. The molecule has 200 valence electrons. The SMILES string of the molecule is S=C(NCc1ccc(-c2ccccc2)o1)Nc1nc(N2CCCC2)cc(N2CCN(c3ccccc3)CC2)n1. The summed E-state index contributed by atoms with van der Waals surface area (Å²) in [5.41, 5.74) is 2.32. The van der Waals surface area contributed by atoms with Gasteiger partial charge in [0.1, 0.15) is 23.2 Å². The average Bonchev–Trinajstić information content (AvgIpc) is 3.70. The number of nitrogens with one attached hydrogen (secondary N) is 2. The Hall–Kier alpha value is -4.11. The van der Waals surface area contributed by atoms with Gasteiger partial charge in [-0.25, -0.2) is 0 Å². The highest BCUT2D eigenvalue weighted by molar-refractivity contribution is 7.80. The quantitative estimate of drug-likeness (QED) is 0.310. The Kier molecular flexibility index (Phi) is 7.58. The molecule has 2 aliphatic rings. The van der Waals surface area contributed by atoms with E-state index in [4.69, 9.17) is 26.6 Å². The highest BCUT2D eigenvalue weighted by Gasteiger charge is 2.22. The molecule has 0 aliphatic carbocycles. The van der Waals surface area contributed by atoms with Gasteiger partial charge in [-0.1, -0.05) is 48.5 Å². The van der Waals surface area contributed by atoms with Crippen molar-refractivity contribution in [1.29, 1.82) is 0 Å². The van der Waals surface area contributed by atoms with Gasteiger partial charge in [0.25, 0.3) is 0 Å². The van der Waals surface area contributed by atoms with Crippen LogP contribution in [0.15, 0.2) is 83.3 Å². The summed E-state index contributed by atoms with van der Waals surface area (Å²) in [6.45, 7) is 6.20. The van der Waals surface area contributed by atoms with Crippen LogP contribution in [0.5, 0.6) is 0 Å². The van der Waals surface area contributed by atoms with E-state index >= 15 is 0 Å². The third kappa shape index (κ3) is 6.15. The number of para-hydroxylation sites is 1. The summed E-state index contributed by atoms with van der Waals surface area (Å²) in [7, 11) is 0. The number of thiocarbonyl (C=S) groups is 1. The lowest BCUT2D eigenvalue weighted by molar-refractivity contribution is 0.516. The van der Waals surface area contributed by atoms with Gasteiger partial charge in [0.15, 0.2) is 5.11 Å². The van der Waals surface area contributed by atoms with Crippen molar-refractivity contribution in [3.05, 3.63) is 84.6 Å². The Morgan fingerprint density at radius 3 is 2.05 bits per heavy atom. The predicted molar refractivity (Wildman–Crippen MR) is 162 cm³/mol. The summed E-state index contributed by atoms with van der Waals surface area (Å²) in [6, 6.07) is 26.7. The molecule has 6 rings (SSSR count). The molecule has 8 nitrogen and oxygen atoms in total. The van der Waals surface area contributed by atoms with Crippen molar-refractivity contribution < 1.29 is 4.42 Å². The molecule has 2 saturated heterocycles. The van der Waals surface area contributed by atoms with E-state index in [1.807, 2.05) is 42.5 Å². The molecule has 4 heterocycles. The van der Waals surface area contributed by atoms with Crippen LogP contribution in [-0.2, 0) is 6.54 Å². The van der Waals surface area contributed by atoms with Gasteiger partial charge in [0, 0.05) is 56.6 Å². The molecule has 0 unspecified atom stereocenters. The lowest BCUT2D eigenvalue weighted by atomic mass is 10.2. The number of hydrogen-bond donors (Lipinski definition) is 2. The molecule has 2 fully saturated rings. The second-order valence-corrected chi connectivity index (χ2v) is 10.3. The Bertz CT molecular complexity index is 1380. The van der Waals surface area contributed by atoms with Gasteiger partial charge in [-0.2, -0.15) is 9.97 Å². The molecule has 2 N–H and O–H groups in total. The molecule has 0 bridgehead atoms. The first kappa shape index (κ1) is 25.2. The second-order valence-electron chi connectivity index (χ2n) is 9.85. The van der Waals surface area contributed by atoms with Gasteiger partial charge < -0.3 is 29.8 Å². The number of rotatable bonds is 7. The van der Waals surface area contributed by atoms with Gasteiger partial charge >= 0.3 is 0 Å². The number of nitrogens with zero attached hydrogens (tertiary/aromatic N) is 5. The molecule has 0 saturated carbocycles. The number of anilines is 4. The Labute approximate surface area is 234 Å². The Morgan fingerprint density at radius 1 is 0.744 bits per heavy atom. The molecule has 2 aromatic carbocycles. The van der Waals surface area contributed by atoms with E-state index in [2.05, 4.69) is 61.7 Å². The fraction of sp³-hybridized carbons (Fsp3) is 0.300. The van der Waals surface area contributed by atoms with E-state index in [0.29, 0.717) is 17.6 Å². The molecule has 2 aliphatic heterocycles. The van der Waals surface area contributed by atoms with Crippen molar-refractivity contribution in [2.24, 2.45) is 0 Å². The summed E-state index contributed by atoms with van der Waals surface area (Å²) in [6.07, 6.45) is 2.37. The molecular formula is C30H33N7OS. The summed E-state index contributed by atoms with van der Waals surface area (Å²) < 4.78 is 6.00. The van der Waals surface area contributed by atoms with E-state index in [0.717, 1.165) is 68.0 Å². The van der Waals surface area contributed by atoms with Gasteiger partial charge in [0.05, 0.1) is 6.54 Å². The summed E-state index contributed by atoms with van der Waals surface area (Å²) >= 11 is 5.61. The lowest BCUT2D eigenvalue weighted by Crippen LogP contribution is -2.47. The monoisotopic (exact) mass is 539 g/mol. The van der Waals surface area contributed by atoms with Crippen LogP contribution in [0, 0.1) is 0 Å². The van der Waals surface area contributed by atoms with Crippen LogP contribution in [0.2, 0.25) is 0 Å². The number of hydrogen-bond acceptors (Lipinski definition) is 7. The summed E-state index contributed by atoms with van der Waals surface area (Å²) in [5.74, 6) is 4.05. The molecule has 2 aromatic heterocycles. The smallest absolute Gasteiger partial charge is 0.232 e. The maximum absolute atomic E-state index is 6.00. The number of piperazine rings is 1. The standard InChI is InChI=1S/C30H33N7OS/c39-30(31-22-25-13-14-26(38-25)23-9-3-1-4-10-23)34-29-32-27(36-15-7-8-16-36)21-28(33-29)37-19-17-35(18-20-37)24-11-5-2-6-12-24/h1-6,9-14,21H,7-8,15-20,22H2,(H2,31,32,33,34,39). The molecule has 0 spiro atoms. The van der Waals surface area contributed by atoms with Gasteiger partial charge in [-0.15, -0.1) is 0 Å². The minimum Gasteiger partial charge on any atom is -0.459 e. The third-order valence-corrected chi connectivity index (χ3v) is 7.47. The van der Waals surface area contributed by atoms with Crippen LogP contribution in [0.4, 0.5) is 23.3 Å². The maximum atomic E-state index is 6.00. The molecule has 39 heavy (non-hydrogen) atoms. The van der Waals surface area contributed by atoms with E-state index in [1.54, 1.807) is 0 Å². The zero-order valence-corrected chi connectivity index (χ0v) is 22.7. The largest absolute Gasteiger partial charge is 0.459 e. The van der Waals surface area contributed by atoms with Crippen LogP contribution in [0.3, 0.4) is 0 Å². The minimum absolute atomic E-state index is 0.464. The fourth-order valence-electron chi connectivity index (χ4n) is 5.12. The summed E-state index contributed by atoms with van der Waals surface area (Å²) in [4.78, 5) is 16.8. The topological polar surface area (TPSA) is 72.7 Å². The Balaban J connectivity index is 1.12. The molecular weight excluding hydrogens is 506 g/mol. The third-order valence-electron chi connectivity index (χ3n) is 7.22. The van der Waals surface area contributed by atoms with Gasteiger partial charge in [-0.3, -0.25) is 0 Å². The maximum Gasteiger partial charge on any atom is 0.232 e. The molecule has 9 heteroatoms. The van der Waals surface area contributed by atoms with Crippen LogP contribution < -0.4 is 25.3 Å². The summed E-state index contributed by atoms with van der Waals surface area (Å²) in [5, 5.41) is 6.92. The predicted octanol–water partition coefficient (Wildman–Crippen LogP) is 5.15. The van der Waals surface area contributed by atoms with Crippen molar-refractivity contribution in [2.45, 2.75) is 19.4 Å². The number of aromatic nitrogens is 2. The Morgan fingerprint density at radius 2 is 1.36 bits per heavy atom. The van der Waals surface area contributed by atoms with Crippen molar-refractivity contribution in [1.82, 2.24) is 15.3 Å². The number of benzene rings is 2. The first-order valence-electron chi connectivity index (χ1n) is 13.6. The van der Waals surface area contributed by atoms with Crippen molar-refractivity contribution >= 4 is 40.6 Å². The van der Waals surface area contributed by atoms with Crippen molar-refractivity contribution in [3.63, 3.8) is 0 Å². The van der Waals surface area contributed by atoms with E-state index in [-0.39, 0.29) is 0 Å². The van der Waals surface area contributed by atoms with Crippen LogP contribution in [0.1, 0.15) is 18.6 Å².